The molecule has 0 radical (unpaired) electrons. The van der Waals surface area contributed by atoms with Gasteiger partial charge in [-0.2, -0.15) is 13.2 Å². The zero-order valence-electron chi connectivity index (χ0n) is 17.2. The molecule has 2 aliphatic rings. The Balaban J connectivity index is 1.80. The van der Waals surface area contributed by atoms with Crippen molar-refractivity contribution in [1.29, 1.82) is 0 Å². The number of carbonyl (C=O) groups is 2. The summed E-state index contributed by atoms with van der Waals surface area (Å²) in [5, 5.41) is 2.41. The maximum atomic E-state index is 13.7. The number of hydrogen-bond acceptors (Lipinski definition) is 5. The van der Waals surface area contributed by atoms with Gasteiger partial charge in [-0.15, -0.1) is 0 Å². The molecule has 7 nitrogen and oxygen atoms in total. The molecular weight excluding hydrogens is 439 g/mol. The van der Waals surface area contributed by atoms with Crippen molar-refractivity contribution in [3.63, 3.8) is 0 Å². The number of benzene rings is 1. The summed E-state index contributed by atoms with van der Waals surface area (Å²) in [4.78, 5) is 27.0. The normalized spacial score (nSPS) is 18.8. The van der Waals surface area contributed by atoms with Crippen molar-refractivity contribution in [3.8, 4) is 0 Å². The molecule has 0 spiro atoms. The fourth-order valence-corrected chi connectivity index (χ4v) is 3.86. The van der Waals surface area contributed by atoms with E-state index in [0.29, 0.717) is 12.8 Å². The average molecular weight is 464 g/mol. The lowest BCUT2D eigenvalue weighted by molar-refractivity contribution is -0.162. The third kappa shape index (κ3) is 5.73. The van der Waals surface area contributed by atoms with E-state index in [1.54, 1.807) is 0 Å². The van der Waals surface area contributed by atoms with Crippen LogP contribution in [0, 0.1) is 0 Å². The van der Waals surface area contributed by atoms with Gasteiger partial charge in [-0.3, -0.25) is 14.5 Å². The molecule has 2 amide bonds. The molecule has 0 unspecified atom stereocenters. The summed E-state index contributed by atoms with van der Waals surface area (Å²) in [6, 6.07) is 1.94. The van der Waals surface area contributed by atoms with Crippen LogP contribution in [0.25, 0.3) is 0 Å². The molecule has 1 aromatic rings. The first kappa shape index (κ1) is 24.3. The van der Waals surface area contributed by atoms with Crippen LogP contribution in [-0.4, -0.2) is 67.8 Å². The molecule has 1 saturated heterocycles. The van der Waals surface area contributed by atoms with Crippen molar-refractivity contribution in [3.05, 3.63) is 23.8 Å². The van der Waals surface area contributed by atoms with Gasteiger partial charge in [0.25, 0.3) is 12.3 Å². The first-order valence-electron chi connectivity index (χ1n) is 10.2. The number of nitrogens with two attached hydrogens (primary N) is 1. The molecular formula is C20H25F5N4O3. The van der Waals surface area contributed by atoms with Crippen LogP contribution in [0.15, 0.2) is 18.2 Å². The number of amides is 2. The van der Waals surface area contributed by atoms with E-state index >= 15 is 0 Å². The van der Waals surface area contributed by atoms with Crippen LogP contribution >= 0.6 is 0 Å². The van der Waals surface area contributed by atoms with E-state index in [-0.39, 0.29) is 37.7 Å². The number of morpholine rings is 1. The number of hydrogen-bond donors (Lipinski definition) is 2. The molecule has 1 aliphatic carbocycles. The van der Waals surface area contributed by atoms with Gasteiger partial charge in [-0.05, 0) is 31.0 Å². The summed E-state index contributed by atoms with van der Waals surface area (Å²) in [6.45, 7) is -1.57. The molecule has 1 saturated carbocycles. The van der Waals surface area contributed by atoms with Gasteiger partial charge in [0, 0.05) is 30.4 Å². The molecule has 1 heterocycles. The van der Waals surface area contributed by atoms with E-state index < -0.39 is 48.6 Å². The van der Waals surface area contributed by atoms with Crippen LogP contribution in [0.5, 0.6) is 0 Å². The summed E-state index contributed by atoms with van der Waals surface area (Å²) < 4.78 is 71.6. The Bertz CT molecular complexity index is 832. The van der Waals surface area contributed by atoms with E-state index in [1.165, 1.54) is 17.0 Å². The summed E-state index contributed by atoms with van der Waals surface area (Å²) in [5.74, 6) is -1.28. The predicted octanol–water partition coefficient (Wildman–Crippen LogP) is 2.67. The summed E-state index contributed by atoms with van der Waals surface area (Å²) in [5.41, 5.74) is 5.13. The quantitative estimate of drug-likeness (QED) is 0.578. The maximum Gasteiger partial charge on any atom is 0.401 e. The lowest BCUT2D eigenvalue weighted by atomic mass is 9.90. The molecule has 1 aliphatic heterocycles. The first-order chi connectivity index (χ1) is 15.1. The number of ether oxygens (including phenoxy) is 1. The molecule has 2 fully saturated rings. The molecule has 32 heavy (non-hydrogen) atoms. The topological polar surface area (TPSA) is 87.9 Å². The largest absolute Gasteiger partial charge is 0.401 e. The Morgan fingerprint density at radius 2 is 2.03 bits per heavy atom. The van der Waals surface area contributed by atoms with Crippen molar-refractivity contribution < 1.29 is 36.3 Å². The number of halogens is 5. The van der Waals surface area contributed by atoms with E-state index in [4.69, 9.17) is 10.5 Å². The van der Waals surface area contributed by atoms with Gasteiger partial charge in [-0.1, -0.05) is 6.42 Å². The van der Waals surface area contributed by atoms with Gasteiger partial charge in [-0.25, -0.2) is 8.78 Å². The maximum absolute atomic E-state index is 13.7. The Hall–Kier alpha value is -2.31. The van der Waals surface area contributed by atoms with Crippen LogP contribution in [0.3, 0.4) is 0 Å². The number of alkyl halides is 5. The summed E-state index contributed by atoms with van der Waals surface area (Å²) in [6.07, 6.45) is -5.65. The number of nitrogens with one attached hydrogen (secondary N) is 1. The van der Waals surface area contributed by atoms with Crippen LogP contribution in [0.2, 0.25) is 0 Å². The van der Waals surface area contributed by atoms with Gasteiger partial charge < -0.3 is 20.7 Å². The lowest BCUT2D eigenvalue weighted by Crippen LogP contribution is -2.57. The number of nitrogens with zero attached hydrogens (tertiary/aromatic N) is 2. The van der Waals surface area contributed by atoms with Gasteiger partial charge in [0.05, 0.1) is 18.8 Å². The van der Waals surface area contributed by atoms with Crippen LogP contribution in [-0.2, 0) is 14.3 Å². The Labute approximate surface area is 181 Å². The second-order valence-corrected chi connectivity index (χ2v) is 7.79. The van der Waals surface area contributed by atoms with Crippen molar-refractivity contribution in [2.45, 2.75) is 43.9 Å². The Morgan fingerprint density at radius 3 is 2.56 bits per heavy atom. The van der Waals surface area contributed by atoms with E-state index in [9.17, 15) is 31.5 Å². The smallest absolute Gasteiger partial charge is 0.370 e. The molecule has 12 heteroatoms. The van der Waals surface area contributed by atoms with Gasteiger partial charge in [0.2, 0.25) is 5.91 Å². The van der Waals surface area contributed by atoms with Gasteiger partial charge >= 0.3 is 6.18 Å². The zero-order chi connectivity index (χ0) is 23.5. The Kier molecular flexibility index (Phi) is 7.67. The minimum Gasteiger partial charge on any atom is -0.370 e. The number of rotatable bonds is 8. The Morgan fingerprint density at radius 1 is 1.31 bits per heavy atom. The van der Waals surface area contributed by atoms with Crippen LogP contribution in [0.1, 0.15) is 31.3 Å². The highest BCUT2D eigenvalue weighted by atomic mass is 19.4. The minimum absolute atomic E-state index is 0.00478. The van der Waals surface area contributed by atoms with Gasteiger partial charge in [0.1, 0.15) is 12.6 Å². The standard InChI is InChI=1S/C20H25F5N4O3/c21-18(22)14-8-12(4-5-15(14)28-6-7-32-10-17(28)30)27-19(31)16(9-26)29(11-20(23,24)25)13-2-1-3-13/h4-5,8,13,16,18H,1-3,6-7,9-11,26H2,(H,27,31)/t16-/m1/s1. The monoisotopic (exact) mass is 464 g/mol. The average Bonchev–Trinajstić information content (AvgIpc) is 2.66. The molecule has 178 valence electrons. The van der Waals surface area contributed by atoms with Crippen LogP contribution < -0.4 is 16.0 Å². The van der Waals surface area contributed by atoms with Crippen molar-refractivity contribution >= 4 is 23.2 Å². The molecule has 3 rings (SSSR count). The molecule has 0 aromatic heterocycles. The number of carbonyl (C=O) groups excluding carboxylic acids is 2. The van der Waals surface area contributed by atoms with E-state index in [1.807, 2.05) is 0 Å². The highest BCUT2D eigenvalue weighted by molar-refractivity contribution is 5.98. The first-order valence-corrected chi connectivity index (χ1v) is 10.2. The number of anilines is 2. The van der Waals surface area contributed by atoms with E-state index in [2.05, 4.69) is 5.32 Å². The summed E-state index contributed by atoms with van der Waals surface area (Å²) in [7, 11) is 0. The molecule has 3 N–H and O–H groups in total. The third-order valence-electron chi connectivity index (χ3n) is 5.64. The molecule has 1 aromatic carbocycles. The predicted molar refractivity (Wildman–Crippen MR) is 106 cm³/mol. The van der Waals surface area contributed by atoms with Crippen molar-refractivity contribution in [2.75, 3.05) is 43.1 Å². The highest BCUT2D eigenvalue weighted by Gasteiger charge is 2.41. The summed E-state index contributed by atoms with van der Waals surface area (Å²) >= 11 is 0. The van der Waals surface area contributed by atoms with Gasteiger partial charge in [0.15, 0.2) is 0 Å². The minimum atomic E-state index is -4.52. The third-order valence-corrected chi connectivity index (χ3v) is 5.64. The molecule has 0 bridgehead atoms. The second-order valence-electron chi connectivity index (χ2n) is 7.79. The SMILES string of the molecule is NC[C@H](C(=O)Nc1ccc(N2CCOCC2=O)c(C(F)F)c1)N(CC(F)(F)F)C1CCC1. The highest BCUT2D eigenvalue weighted by Crippen LogP contribution is 2.34. The zero-order valence-corrected chi connectivity index (χ0v) is 17.2. The van der Waals surface area contributed by atoms with Crippen molar-refractivity contribution in [2.24, 2.45) is 5.73 Å². The van der Waals surface area contributed by atoms with Crippen molar-refractivity contribution in [1.82, 2.24) is 4.90 Å². The van der Waals surface area contributed by atoms with E-state index in [0.717, 1.165) is 17.4 Å². The fourth-order valence-electron chi connectivity index (χ4n) is 3.86. The fraction of sp³-hybridized carbons (Fsp3) is 0.600. The van der Waals surface area contributed by atoms with Crippen LogP contribution in [0.4, 0.5) is 33.3 Å². The lowest BCUT2D eigenvalue weighted by Gasteiger charge is -2.41. The second kappa shape index (κ2) is 10.1. The molecule has 1 atom stereocenters.